The normalized spacial score (nSPS) is 25.0. The zero-order chi connectivity index (χ0) is 11.5. The number of hydrogen-bond acceptors (Lipinski definition) is 2. The van der Waals surface area contributed by atoms with E-state index >= 15 is 0 Å². The first kappa shape index (κ1) is 13.0. The molecule has 1 aliphatic heterocycles. The fourth-order valence-corrected chi connectivity index (χ4v) is 2.11. The average Bonchev–Trinajstić information content (AvgIpc) is 2.57. The smallest absolute Gasteiger partial charge is 0.147 e. The Balaban J connectivity index is 2.51. The van der Waals surface area contributed by atoms with Crippen LogP contribution in [0.4, 0.5) is 0 Å². The summed E-state index contributed by atoms with van der Waals surface area (Å²) in [5.41, 5.74) is 0.210. The summed E-state index contributed by atoms with van der Waals surface area (Å²) >= 11 is 0. The van der Waals surface area contributed by atoms with Crippen LogP contribution in [0, 0.1) is 6.67 Å². The Bertz CT molecular complexity index is 183. The molecule has 1 atom stereocenters. The maximum Gasteiger partial charge on any atom is 0.147 e. The predicted molar refractivity (Wildman–Crippen MR) is 65.4 cm³/mol. The maximum absolute atomic E-state index is 3.53. The van der Waals surface area contributed by atoms with E-state index in [9.17, 15) is 0 Å². The molecule has 0 amide bonds. The fraction of sp³-hybridized carbons (Fsp3) is 0.923. The summed E-state index contributed by atoms with van der Waals surface area (Å²) in [7, 11) is 0. The summed E-state index contributed by atoms with van der Waals surface area (Å²) in [4.78, 5) is 4.77. The van der Waals surface area contributed by atoms with Crippen LogP contribution in [0.1, 0.15) is 53.9 Å². The van der Waals surface area contributed by atoms with Gasteiger partial charge in [0.05, 0.1) is 0 Å². The van der Waals surface area contributed by atoms with Crippen molar-refractivity contribution in [2.24, 2.45) is 0 Å². The lowest BCUT2D eigenvalue weighted by atomic mass is 10.0. The molecule has 1 rings (SSSR count). The Morgan fingerprint density at radius 3 is 2.33 bits per heavy atom. The van der Waals surface area contributed by atoms with Crippen LogP contribution in [-0.2, 0) is 0 Å². The van der Waals surface area contributed by atoms with Crippen molar-refractivity contribution in [1.82, 2.24) is 9.80 Å². The average molecular weight is 210 g/mol. The van der Waals surface area contributed by atoms with Gasteiger partial charge in [0.25, 0.3) is 0 Å². The Kier molecular flexibility index (Phi) is 4.60. The molecule has 88 valence electrons. The summed E-state index contributed by atoms with van der Waals surface area (Å²) < 4.78 is 0. The van der Waals surface area contributed by atoms with E-state index in [1.807, 2.05) is 0 Å². The molecule has 0 spiro atoms. The molecule has 1 heterocycles. The second kappa shape index (κ2) is 5.31. The van der Waals surface area contributed by atoms with E-state index in [0.29, 0.717) is 6.04 Å². The predicted octanol–water partition coefficient (Wildman–Crippen LogP) is 2.98. The van der Waals surface area contributed by atoms with E-state index in [1.165, 1.54) is 25.8 Å². The molecule has 0 aromatic heterocycles. The highest BCUT2D eigenvalue weighted by Gasteiger charge is 2.36. The highest BCUT2D eigenvalue weighted by atomic mass is 15.4. The first-order valence-corrected chi connectivity index (χ1v) is 6.29. The highest BCUT2D eigenvalue weighted by Crippen LogP contribution is 2.28. The van der Waals surface area contributed by atoms with Gasteiger partial charge in [-0.25, -0.2) is 0 Å². The number of rotatable bonds is 4. The molecule has 0 aliphatic carbocycles. The Hall–Kier alpha value is -0.0800. The minimum absolute atomic E-state index is 0.210. The van der Waals surface area contributed by atoms with Crippen LogP contribution in [0.25, 0.3) is 0 Å². The highest BCUT2D eigenvalue weighted by molar-refractivity contribution is 4.95. The number of nitrogens with zero attached hydrogens (tertiary/aromatic N) is 2. The van der Waals surface area contributed by atoms with Crippen LogP contribution < -0.4 is 0 Å². The largest absolute Gasteiger partial charge is 0.278 e. The van der Waals surface area contributed by atoms with Crippen molar-refractivity contribution in [1.29, 1.82) is 0 Å². The molecule has 0 aromatic rings. The first-order chi connectivity index (χ1) is 6.99. The Labute approximate surface area is 95.6 Å². The molecular formula is C13H26N2. The fourth-order valence-electron chi connectivity index (χ4n) is 2.11. The molecule has 2 nitrogen and oxygen atoms in total. The lowest BCUT2D eigenvalue weighted by Gasteiger charge is -2.34. The molecule has 0 saturated carbocycles. The van der Waals surface area contributed by atoms with Crippen molar-refractivity contribution in [3.05, 3.63) is 6.67 Å². The van der Waals surface area contributed by atoms with E-state index in [4.69, 9.17) is 0 Å². The first-order valence-electron chi connectivity index (χ1n) is 6.29. The molecule has 1 aliphatic rings. The van der Waals surface area contributed by atoms with Gasteiger partial charge in [0, 0.05) is 24.7 Å². The maximum atomic E-state index is 3.53. The van der Waals surface area contributed by atoms with E-state index in [0.717, 1.165) is 6.54 Å². The van der Waals surface area contributed by atoms with Crippen LogP contribution in [0.15, 0.2) is 0 Å². The van der Waals surface area contributed by atoms with Crippen LogP contribution in [-0.4, -0.2) is 34.5 Å². The molecule has 0 bridgehead atoms. The van der Waals surface area contributed by atoms with Crippen LogP contribution in [0.2, 0.25) is 0 Å². The molecule has 0 N–H and O–H groups in total. The second-order valence-corrected chi connectivity index (χ2v) is 5.50. The van der Waals surface area contributed by atoms with Gasteiger partial charge >= 0.3 is 0 Å². The zero-order valence-corrected chi connectivity index (χ0v) is 11.0. The van der Waals surface area contributed by atoms with Crippen LogP contribution >= 0.6 is 0 Å². The van der Waals surface area contributed by atoms with Gasteiger partial charge in [0.2, 0.25) is 0 Å². The Morgan fingerprint density at radius 1 is 1.27 bits per heavy atom. The van der Waals surface area contributed by atoms with E-state index in [2.05, 4.69) is 51.1 Å². The van der Waals surface area contributed by atoms with Gasteiger partial charge in [-0.15, -0.1) is 0 Å². The van der Waals surface area contributed by atoms with Gasteiger partial charge in [0.1, 0.15) is 6.67 Å². The Morgan fingerprint density at radius 2 is 1.93 bits per heavy atom. The molecule has 0 aromatic carbocycles. The standard InChI is InChI=1S/C13H26N2/c1-6-8-9-14-10-12(7-2)15(11-14)13(3,4)5/h12H,6-10H2,1-5H3/t12-/m0/s1. The lowest BCUT2D eigenvalue weighted by Crippen LogP contribution is -2.43. The van der Waals surface area contributed by atoms with Crippen molar-refractivity contribution in [2.45, 2.75) is 65.5 Å². The van der Waals surface area contributed by atoms with E-state index in [-0.39, 0.29) is 5.54 Å². The molecular weight excluding hydrogens is 184 g/mol. The minimum atomic E-state index is 0.210. The third-order valence-electron chi connectivity index (χ3n) is 3.02. The van der Waals surface area contributed by atoms with Crippen LogP contribution in [0.3, 0.4) is 0 Å². The molecule has 1 saturated heterocycles. The van der Waals surface area contributed by atoms with Gasteiger partial charge in [-0.1, -0.05) is 20.3 Å². The van der Waals surface area contributed by atoms with Crippen molar-refractivity contribution >= 4 is 0 Å². The van der Waals surface area contributed by atoms with E-state index in [1.54, 1.807) is 0 Å². The molecule has 2 heteroatoms. The molecule has 1 fully saturated rings. The van der Waals surface area contributed by atoms with Gasteiger partial charge in [-0.05, 0) is 33.6 Å². The van der Waals surface area contributed by atoms with Crippen molar-refractivity contribution in [2.75, 3.05) is 13.1 Å². The summed E-state index contributed by atoms with van der Waals surface area (Å²) in [6.45, 7) is 17.2. The van der Waals surface area contributed by atoms with Crippen LogP contribution in [0.5, 0.6) is 0 Å². The monoisotopic (exact) mass is 210 g/mol. The summed E-state index contributed by atoms with van der Waals surface area (Å²) in [5, 5.41) is 0. The summed E-state index contributed by atoms with van der Waals surface area (Å²) in [5.74, 6) is 0. The van der Waals surface area contributed by atoms with E-state index < -0.39 is 0 Å². The van der Waals surface area contributed by atoms with Gasteiger partial charge < -0.3 is 0 Å². The SMILES string of the molecule is CCCCN1[C]N(C(C)(C)C)[C@@H](CC)C1. The quantitative estimate of drug-likeness (QED) is 0.704. The van der Waals surface area contributed by atoms with Crippen molar-refractivity contribution < 1.29 is 0 Å². The third-order valence-corrected chi connectivity index (χ3v) is 3.02. The molecule has 0 unspecified atom stereocenters. The lowest BCUT2D eigenvalue weighted by molar-refractivity contribution is 0.144. The molecule has 2 radical (unpaired) electrons. The topological polar surface area (TPSA) is 6.48 Å². The van der Waals surface area contributed by atoms with Crippen molar-refractivity contribution in [3.63, 3.8) is 0 Å². The summed E-state index contributed by atoms with van der Waals surface area (Å²) in [6.07, 6.45) is 3.76. The zero-order valence-electron chi connectivity index (χ0n) is 11.0. The summed E-state index contributed by atoms with van der Waals surface area (Å²) in [6, 6.07) is 0.654. The number of hydrogen-bond donors (Lipinski definition) is 0. The third kappa shape index (κ3) is 3.46. The van der Waals surface area contributed by atoms with Gasteiger partial charge in [-0.2, -0.15) is 0 Å². The van der Waals surface area contributed by atoms with Gasteiger partial charge in [-0.3, -0.25) is 9.80 Å². The number of unbranched alkanes of at least 4 members (excludes halogenated alkanes) is 1. The van der Waals surface area contributed by atoms with Gasteiger partial charge in [0.15, 0.2) is 0 Å². The second-order valence-electron chi connectivity index (χ2n) is 5.50. The molecule has 15 heavy (non-hydrogen) atoms. The van der Waals surface area contributed by atoms with Crippen molar-refractivity contribution in [3.8, 4) is 0 Å². The minimum Gasteiger partial charge on any atom is -0.278 e.